The maximum atomic E-state index is 11.5. The van der Waals surface area contributed by atoms with Crippen LogP contribution in [0.3, 0.4) is 0 Å². The molecule has 3 nitrogen and oxygen atoms in total. The third kappa shape index (κ3) is 3.07. The summed E-state index contributed by atoms with van der Waals surface area (Å²) in [5, 5.41) is 0. The maximum absolute atomic E-state index is 11.5. The zero-order chi connectivity index (χ0) is 12.7. The number of hydrogen-bond donors (Lipinski definition) is 1. The third-order valence-corrected chi connectivity index (χ3v) is 5.10. The van der Waals surface area contributed by atoms with Crippen LogP contribution in [0.15, 0.2) is 18.2 Å². The van der Waals surface area contributed by atoms with E-state index >= 15 is 0 Å². The molecule has 1 saturated heterocycles. The lowest BCUT2D eigenvalue weighted by atomic mass is 9.90. The highest BCUT2D eigenvalue weighted by molar-refractivity contribution is 7.91. The fraction of sp³-hybridized carbons (Fsp3) is 0.538. The Morgan fingerprint density at radius 2 is 1.82 bits per heavy atom. The molecular formula is C13H19NO2S. The van der Waals surface area contributed by atoms with Crippen LogP contribution in [0.2, 0.25) is 0 Å². The van der Waals surface area contributed by atoms with E-state index in [0.717, 1.165) is 5.56 Å². The van der Waals surface area contributed by atoms with Crippen LogP contribution >= 0.6 is 0 Å². The third-order valence-electron chi connectivity index (χ3n) is 3.26. The molecule has 1 atom stereocenters. The molecule has 1 heterocycles. The van der Waals surface area contributed by atoms with Gasteiger partial charge in [0.05, 0.1) is 11.5 Å². The Morgan fingerprint density at radius 3 is 2.29 bits per heavy atom. The maximum Gasteiger partial charge on any atom is 0.152 e. The summed E-state index contributed by atoms with van der Waals surface area (Å²) < 4.78 is 23.0. The lowest BCUT2D eigenvalue weighted by Crippen LogP contribution is -2.43. The summed E-state index contributed by atoms with van der Waals surface area (Å²) in [7, 11) is -2.92. The van der Waals surface area contributed by atoms with Crippen molar-refractivity contribution >= 4 is 9.84 Å². The Balaban J connectivity index is 2.21. The zero-order valence-electron chi connectivity index (χ0n) is 10.4. The van der Waals surface area contributed by atoms with Crippen LogP contribution in [0.4, 0.5) is 0 Å². The minimum absolute atomic E-state index is 0.118. The van der Waals surface area contributed by atoms with Crippen molar-refractivity contribution in [3.05, 3.63) is 34.9 Å². The molecular weight excluding hydrogens is 234 g/mol. The van der Waals surface area contributed by atoms with Crippen molar-refractivity contribution in [1.82, 2.24) is 0 Å². The summed E-state index contributed by atoms with van der Waals surface area (Å²) in [5.74, 6) is 0.348. The quantitative estimate of drug-likeness (QED) is 0.865. The predicted molar refractivity (Wildman–Crippen MR) is 69.8 cm³/mol. The van der Waals surface area contributed by atoms with Gasteiger partial charge in [-0.05, 0) is 32.3 Å². The normalized spacial score (nSPS) is 27.2. The minimum atomic E-state index is -2.92. The van der Waals surface area contributed by atoms with E-state index in [9.17, 15) is 8.42 Å². The van der Waals surface area contributed by atoms with Gasteiger partial charge in [-0.15, -0.1) is 0 Å². The van der Waals surface area contributed by atoms with E-state index < -0.39 is 15.4 Å². The van der Waals surface area contributed by atoms with Gasteiger partial charge in [-0.25, -0.2) is 8.42 Å². The van der Waals surface area contributed by atoms with Crippen molar-refractivity contribution in [1.29, 1.82) is 0 Å². The molecule has 0 aromatic heterocycles. The fourth-order valence-corrected chi connectivity index (χ4v) is 4.64. The Labute approximate surface area is 103 Å². The lowest BCUT2D eigenvalue weighted by Gasteiger charge is -2.22. The standard InChI is InChI=1S/C13H19NO2S/c1-10-5-11(2)7-12(6-10)8-13(14)3-4-17(15,16)9-13/h5-7H,3-4,8-9,14H2,1-2H3. The molecule has 1 aromatic rings. The summed E-state index contributed by atoms with van der Waals surface area (Å²) in [5.41, 5.74) is 9.16. The first-order valence-electron chi connectivity index (χ1n) is 5.85. The van der Waals surface area contributed by atoms with Gasteiger partial charge in [0.25, 0.3) is 0 Å². The first kappa shape index (κ1) is 12.6. The molecule has 94 valence electrons. The Hall–Kier alpha value is -0.870. The van der Waals surface area contributed by atoms with E-state index in [1.165, 1.54) is 11.1 Å². The summed E-state index contributed by atoms with van der Waals surface area (Å²) in [4.78, 5) is 0. The van der Waals surface area contributed by atoms with Crippen LogP contribution in [-0.4, -0.2) is 25.5 Å². The highest BCUT2D eigenvalue weighted by Gasteiger charge is 2.38. The number of rotatable bonds is 2. The van der Waals surface area contributed by atoms with Crippen LogP contribution in [0, 0.1) is 13.8 Å². The van der Waals surface area contributed by atoms with Gasteiger partial charge in [-0.2, -0.15) is 0 Å². The van der Waals surface area contributed by atoms with Crippen LogP contribution in [0.1, 0.15) is 23.1 Å². The van der Waals surface area contributed by atoms with Gasteiger partial charge >= 0.3 is 0 Å². The van der Waals surface area contributed by atoms with Crippen molar-refractivity contribution in [2.45, 2.75) is 32.2 Å². The highest BCUT2D eigenvalue weighted by atomic mass is 32.2. The van der Waals surface area contributed by atoms with Crippen molar-refractivity contribution in [3.8, 4) is 0 Å². The zero-order valence-corrected chi connectivity index (χ0v) is 11.2. The molecule has 0 saturated carbocycles. The predicted octanol–water partition coefficient (Wildman–Crippen LogP) is 1.36. The number of aryl methyl sites for hydroxylation is 2. The second-order valence-electron chi connectivity index (χ2n) is 5.38. The monoisotopic (exact) mass is 253 g/mol. The number of sulfone groups is 1. The van der Waals surface area contributed by atoms with Crippen LogP contribution in [0.25, 0.3) is 0 Å². The molecule has 0 bridgehead atoms. The van der Waals surface area contributed by atoms with Crippen LogP contribution < -0.4 is 5.73 Å². The molecule has 4 heteroatoms. The van der Waals surface area contributed by atoms with E-state index in [1.807, 2.05) is 13.8 Å². The van der Waals surface area contributed by atoms with E-state index in [0.29, 0.717) is 12.8 Å². The molecule has 17 heavy (non-hydrogen) atoms. The molecule has 0 radical (unpaired) electrons. The van der Waals surface area contributed by atoms with Crippen LogP contribution in [0.5, 0.6) is 0 Å². The molecule has 1 fully saturated rings. The van der Waals surface area contributed by atoms with Gasteiger partial charge in [0.15, 0.2) is 9.84 Å². The Kier molecular flexibility index (Phi) is 3.04. The first-order chi connectivity index (χ1) is 7.78. The second kappa shape index (κ2) is 4.10. The second-order valence-corrected chi connectivity index (χ2v) is 7.56. The molecule has 1 unspecified atom stereocenters. The first-order valence-corrected chi connectivity index (χ1v) is 7.67. The van der Waals surface area contributed by atoms with Gasteiger partial charge in [-0.3, -0.25) is 0 Å². The van der Waals surface area contributed by atoms with Gasteiger partial charge in [0.2, 0.25) is 0 Å². The van der Waals surface area contributed by atoms with E-state index in [4.69, 9.17) is 5.73 Å². The van der Waals surface area contributed by atoms with Crippen molar-refractivity contribution in [2.24, 2.45) is 5.73 Å². The number of hydrogen-bond acceptors (Lipinski definition) is 3. The fourth-order valence-electron chi connectivity index (χ4n) is 2.66. The van der Waals surface area contributed by atoms with E-state index in [2.05, 4.69) is 18.2 Å². The Morgan fingerprint density at radius 1 is 1.24 bits per heavy atom. The number of nitrogens with two attached hydrogens (primary N) is 1. The average molecular weight is 253 g/mol. The number of benzene rings is 1. The van der Waals surface area contributed by atoms with Crippen molar-refractivity contribution < 1.29 is 8.42 Å². The molecule has 0 amide bonds. The smallest absolute Gasteiger partial charge is 0.152 e. The largest absolute Gasteiger partial charge is 0.324 e. The highest BCUT2D eigenvalue weighted by Crippen LogP contribution is 2.25. The Bertz CT molecular complexity index is 516. The van der Waals surface area contributed by atoms with Gasteiger partial charge in [0, 0.05) is 5.54 Å². The minimum Gasteiger partial charge on any atom is -0.324 e. The molecule has 1 aliphatic heterocycles. The van der Waals surface area contributed by atoms with Crippen molar-refractivity contribution in [2.75, 3.05) is 11.5 Å². The van der Waals surface area contributed by atoms with Gasteiger partial charge < -0.3 is 5.73 Å². The lowest BCUT2D eigenvalue weighted by molar-refractivity contribution is 0.476. The molecule has 2 rings (SSSR count). The molecule has 1 aromatic carbocycles. The van der Waals surface area contributed by atoms with E-state index in [1.54, 1.807) is 0 Å². The van der Waals surface area contributed by atoms with Gasteiger partial charge in [-0.1, -0.05) is 29.3 Å². The van der Waals surface area contributed by atoms with Crippen molar-refractivity contribution in [3.63, 3.8) is 0 Å². The van der Waals surface area contributed by atoms with Crippen LogP contribution in [-0.2, 0) is 16.3 Å². The van der Waals surface area contributed by atoms with E-state index in [-0.39, 0.29) is 11.5 Å². The molecule has 1 aliphatic rings. The molecule has 0 spiro atoms. The SMILES string of the molecule is Cc1cc(C)cc(CC2(N)CCS(=O)(=O)C2)c1. The average Bonchev–Trinajstić information content (AvgIpc) is 2.37. The summed E-state index contributed by atoms with van der Waals surface area (Å²) >= 11 is 0. The molecule has 0 aliphatic carbocycles. The topological polar surface area (TPSA) is 60.2 Å². The summed E-state index contributed by atoms with van der Waals surface area (Å²) in [6, 6.07) is 6.29. The summed E-state index contributed by atoms with van der Waals surface area (Å²) in [6.07, 6.45) is 1.22. The molecule has 2 N–H and O–H groups in total. The van der Waals surface area contributed by atoms with Gasteiger partial charge in [0.1, 0.15) is 0 Å². The summed E-state index contributed by atoms with van der Waals surface area (Å²) in [6.45, 7) is 4.09.